The molecule has 3 rings (SSSR count). The highest BCUT2D eigenvalue weighted by Gasteiger charge is 2.66. The van der Waals surface area contributed by atoms with Crippen LogP contribution >= 0.6 is 0 Å². The fourth-order valence-corrected chi connectivity index (χ4v) is 2.54. The highest BCUT2D eigenvalue weighted by Crippen LogP contribution is 2.67. The summed E-state index contributed by atoms with van der Waals surface area (Å²) in [6.45, 7) is 0. The number of aromatic nitrogens is 2. The number of halogens is 2. The van der Waals surface area contributed by atoms with Crippen molar-refractivity contribution < 1.29 is 18.7 Å². The van der Waals surface area contributed by atoms with Gasteiger partial charge in [0.15, 0.2) is 5.69 Å². The van der Waals surface area contributed by atoms with Crippen LogP contribution in [0, 0.1) is 5.92 Å². The molecular formula is C9H8F2N2O2. The average Bonchev–Trinajstić information content (AvgIpc) is 2.78. The Morgan fingerprint density at radius 1 is 1.67 bits per heavy atom. The molecule has 1 N–H and O–H groups in total. The van der Waals surface area contributed by atoms with Crippen LogP contribution in [0.25, 0.3) is 0 Å². The summed E-state index contributed by atoms with van der Waals surface area (Å²) in [6.07, 6.45) is 0.381. The fourth-order valence-electron chi connectivity index (χ4n) is 2.54. The maximum Gasteiger partial charge on any atom is 0.356 e. The molecule has 1 fully saturated rings. The van der Waals surface area contributed by atoms with Gasteiger partial charge in [0.1, 0.15) is 5.69 Å². The number of nitrogens with zero attached hydrogens (tertiary/aromatic N) is 2. The van der Waals surface area contributed by atoms with E-state index >= 15 is 0 Å². The number of carbonyl (C=O) groups is 1. The van der Waals surface area contributed by atoms with Crippen molar-refractivity contribution in [2.75, 3.05) is 0 Å². The van der Waals surface area contributed by atoms with Gasteiger partial charge in [-0.1, -0.05) is 0 Å². The van der Waals surface area contributed by atoms with E-state index in [4.69, 9.17) is 5.11 Å². The lowest BCUT2D eigenvalue weighted by molar-refractivity contribution is -0.0301. The van der Waals surface area contributed by atoms with E-state index in [1.807, 2.05) is 0 Å². The van der Waals surface area contributed by atoms with Crippen LogP contribution in [0.3, 0.4) is 0 Å². The largest absolute Gasteiger partial charge is 0.476 e. The Hall–Kier alpha value is -1.46. The number of aryl methyl sites for hydroxylation is 1. The number of carboxylic acid groups (broad SMARTS) is 1. The van der Waals surface area contributed by atoms with Crippen LogP contribution in [0.2, 0.25) is 0 Å². The third-order valence-electron chi connectivity index (χ3n) is 3.23. The van der Waals surface area contributed by atoms with Gasteiger partial charge < -0.3 is 5.11 Å². The van der Waals surface area contributed by atoms with Crippen LogP contribution in [-0.2, 0) is 13.0 Å². The Bertz CT molecular complexity index is 481. The maximum atomic E-state index is 13.7. The molecule has 0 bridgehead atoms. The van der Waals surface area contributed by atoms with Gasteiger partial charge in [-0.05, 0) is 12.3 Å². The second kappa shape index (κ2) is 2.20. The minimum Gasteiger partial charge on any atom is -0.476 e. The minimum absolute atomic E-state index is 0.207. The summed E-state index contributed by atoms with van der Waals surface area (Å²) >= 11 is 0. The van der Waals surface area contributed by atoms with E-state index in [0.29, 0.717) is 6.42 Å². The monoisotopic (exact) mass is 214 g/mol. The number of hydrogen-bond donors (Lipinski definition) is 1. The van der Waals surface area contributed by atoms with E-state index in [-0.39, 0.29) is 22.9 Å². The van der Waals surface area contributed by atoms with E-state index in [2.05, 4.69) is 5.10 Å². The number of fused-ring (bicyclic) bond motifs is 3. The molecule has 80 valence electrons. The lowest BCUT2D eigenvalue weighted by Crippen LogP contribution is -2.18. The number of carboxylic acids is 1. The van der Waals surface area contributed by atoms with E-state index in [1.165, 1.54) is 7.05 Å². The molecule has 2 atom stereocenters. The first kappa shape index (κ1) is 8.82. The van der Waals surface area contributed by atoms with Crippen molar-refractivity contribution in [3.63, 3.8) is 0 Å². The zero-order chi connectivity index (χ0) is 11.0. The predicted octanol–water partition coefficient (Wildman–Crippen LogP) is 1.33. The highest BCUT2D eigenvalue weighted by molar-refractivity contribution is 5.88. The van der Waals surface area contributed by atoms with Crippen LogP contribution in [0.1, 0.15) is 34.1 Å². The molecule has 6 heteroatoms. The van der Waals surface area contributed by atoms with Gasteiger partial charge in [-0.15, -0.1) is 0 Å². The molecule has 1 saturated carbocycles. The van der Waals surface area contributed by atoms with Crippen LogP contribution in [-0.4, -0.2) is 20.9 Å². The second-order valence-corrected chi connectivity index (χ2v) is 4.11. The first-order chi connectivity index (χ1) is 6.94. The molecule has 0 aliphatic heterocycles. The first-order valence-electron chi connectivity index (χ1n) is 4.63. The number of alkyl halides is 2. The molecule has 0 amide bonds. The van der Waals surface area contributed by atoms with Crippen LogP contribution in [0.4, 0.5) is 8.78 Å². The number of rotatable bonds is 1. The topological polar surface area (TPSA) is 55.1 Å². The summed E-state index contributed by atoms with van der Waals surface area (Å²) in [7, 11) is 1.37. The summed E-state index contributed by atoms with van der Waals surface area (Å²) in [5.41, 5.74) is -0.168. The summed E-state index contributed by atoms with van der Waals surface area (Å²) in [5.74, 6) is -5.13. The molecule has 15 heavy (non-hydrogen) atoms. The van der Waals surface area contributed by atoms with Gasteiger partial charge in [0, 0.05) is 18.5 Å². The summed E-state index contributed by atoms with van der Waals surface area (Å²) in [6, 6.07) is 0. The number of hydrogen-bond acceptors (Lipinski definition) is 2. The Morgan fingerprint density at radius 2 is 2.33 bits per heavy atom. The Kier molecular flexibility index (Phi) is 1.29. The summed E-state index contributed by atoms with van der Waals surface area (Å²) in [5, 5.41) is 12.5. The van der Waals surface area contributed by atoms with Gasteiger partial charge in [-0.25, -0.2) is 4.79 Å². The van der Waals surface area contributed by atoms with Gasteiger partial charge in [0.2, 0.25) is 0 Å². The minimum atomic E-state index is -2.91. The SMILES string of the molecule is Cn1nc(C(=O)O)c2c1C(F)(F)[C@@H]1C[C@H]21. The summed E-state index contributed by atoms with van der Waals surface area (Å²) in [4.78, 5) is 10.8. The van der Waals surface area contributed by atoms with E-state index in [1.54, 1.807) is 0 Å². The molecule has 0 aromatic carbocycles. The van der Waals surface area contributed by atoms with Crippen molar-refractivity contribution in [3.05, 3.63) is 17.0 Å². The molecule has 0 unspecified atom stereocenters. The Morgan fingerprint density at radius 3 is 2.93 bits per heavy atom. The molecule has 1 aromatic rings. The first-order valence-corrected chi connectivity index (χ1v) is 4.63. The smallest absolute Gasteiger partial charge is 0.356 e. The molecule has 1 heterocycles. The van der Waals surface area contributed by atoms with Gasteiger partial charge in [-0.2, -0.15) is 13.9 Å². The quantitative estimate of drug-likeness (QED) is 0.767. The van der Waals surface area contributed by atoms with E-state index in [0.717, 1.165) is 4.68 Å². The molecule has 0 radical (unpaired) electrons. The van der Waals surface area contributed by atoms with Crippen molar-refractivity contribution >= 4 is 5.97 Å². The van der Waals surface area contributed by atoms with Gasteiger partial charge in [0.05, 0.1) is 0 Å². The third-order valence-corrected chi connectivity index (χ3v) is 3.23. The van der Waals surface area contributed by atoms with Crippen molar-refractivity contribution in [3.8, 4) is 0 Å². The zero-order valence-electron chi connectivity index (χ0n) is 7.87. The van der Waals surface area contributed by atoms with Crippen LogP contribution < -0.4 is 0 Å². The molecule has 0 spiro atoms. The van der Waals surface area contributed by atoms with E-state index < -0.39 is 17.8 Å². The molecule has 0 saturated heterocycles. The summed E-state index contributed by atoms with van der Waals surface area (Å²) < 4.78 is 28.3. The lowest BCUT2D eigenvalue weighted by atomic mass is 10.1. The fraction of sp³-hybridized carbons (Fsp3) is 0.556. The third kappa shape index (κ3) is 0.848. The van der Waals surface area contributed by atoms with Crippen molar-refractivity contribution in [1.82, 2.24) is 9.78 Å². The Labute approximate surface area is 83.5 Å². The van der Waals surface area contributed by atoms with Crippen LogP contribution in [0.5, 0.6) is 0 Å². The Balaban J connectivity index is 2.28. The van der Waals surface area contributed by atoms with Crippen LogP contribution in [0.15, 0.2) is 0 Å². The van der Waals surface area contributed by atoms with Gasteiger partial charge >= 0.3 is 5.97 Å². The average molecular weight is 214 g/mol. The van der Waals surface area contributed by atoms with Gasteiger partial charge in [0.25, 0.3) is 5.92 Å². The second-order valence-electron chi connectivity index (χ2n) is 4.11. The van der Waals surface area contributed by atoms with Crippen molar-refractivity contribution in [1.29, 1.82) is 0 Å². The highest BCUT2D eigenvalue weighted by atomic mass is 19.3. The molecule has 1 aromatic heterocycles. The standard InChI is InChI=1S/C9H8F2N2O2/c1-13-7-5(6(12-13)8(14)15)3-2-4(3)9(7,10)11/h3-4H,2H2,1H3,(H,14,15)/t3-,4+/m0/s1. The molecule has 2 aliphatic carbocycles. The zero-order valence-corrected chi connectivity index (χ0v) is 7.87. The molecule has 4 nitrogen and oxygen atoms in total. The number of aromatic carboxylic acids is 1. The van der Waals surface area contributed by atoms with Crippen molar-refractivity contribution in [2.24, 2.45) is 13.0 Å². The predicted molar refractivity (Wildman–Crippen MR) is 44.9 cm³/mol. The lowest BCUT2D eigenvalue weighted by Gasteiger charge is -2.12. The molecular weight excluding hydrogens is 206 g/mol. The van der Waals surface area contributed by atoms with Crippen molar-refractivity contribution in [2.45, 2.75) is 18.3 Å². The maximum absolute atomic E-state index is 13.7. The van der Waals surface area contributed by atoms with E-state index in [9.17, 15) is 13.6 Å². The van der Waals surface area contributed by atoms with Gasteiger partial charge in [-0.3, -0.25) is 4.68 Å². The normalized spacial score (nSPS) is 29.8. The molecule has 2 aliphatic rings.